The first-order valence-electron chi connectivity index (χ1n) is 8.63. The van der Waals surface area contributed by atoms with Gasteiger partial charge in [0, 0.05) is 50.7 Å². The molecule has 0 N–H and O–H groups in total. The Balaban J connectivity index is 1.54. The van der Waals surface area contributed by atoms with Gasteiger partial charge in [-0.15, -0.1) is 0 Å². The molecule has 2 aromatic heterocycles. The summed E-state index contributed by atoms with van der Waals surface area (Å²) in [6.45, 7) is 2.96. The lowest BCUT2D eigenvalue weighted by Crippen LogP contribution is -2.34. The van der Waals surface area contributed by atoms with Crippen LogP contribution in [0.4, 0.5) is 0 Å². The molecule has 128 valence electrons. The molecule has 4 rings (SSSR count). The number of aromatic nitrogens is 2. The van der Waals surface area contributed by atoms with Crippen LogP contribution in [0, 0.1) is 5.92 Å². The maximum absolute atomic E-state index is 12.9. The van der Waals surface area contributed by atoms with Gasteiger partial charge in [0.2, 0.25) is 0 Å². The Morgan fingerprint density at radius 1 is 1.42 bits per heavy atom. The zero-order chi connectivity index (χ0) is 16.5. The summed E-state index contributed by atoms with van der Waals surface area (Å²) < 4.78 is 12.8. The van der Waals surface area contributed by atoms with Crippen molar-refractivity contribution in [3.8, 4) is 0 Å². The van der Waals surface area contributed by atoms with E-state index in [9.17, 15) is 4.79 Å². The fourth-order valence-electron chi connectivity index (χ4n) is 3.41. The molecular weight excluding hydrogens is 306 g/mol. The van der Waals surface area contributed by atoms with E-state index in [0.717, 1.165) is 43.8 Å². The average Bonchev–Trinajstić information content (AvgIpc) is 3.22. The molecule has 6 nitrogen and oxygen atoms in total. The Hall–Kier alpha value is -2.08. The van der Waals surface area contributed by atoms with Gasteiger partial charge in [-0.3, -0.25) is 4.79 Å². The molecule has 0 spiro atoms. The van der Waals surface area contributed by atoms with E-state index in [-0.39, 0.29) is 5.91 Å². The summed E-state index contributed by atoms with van der Waals surface area (Å²) >= 11 is 0. The molecule has 6 heteroatoms. The van der Waals surface area contributed by atoms with Gasteiger partial charge in [-0.2, -0.15) is 0 Å². The number of amides is 1. The van der Waals surface area contributed by atoms with Crippen molar-refractivity contribution in [2.75, 3.05) is 20.3 Å². The number of methoxy groups -OCH3 is 1. The second-order valence-electron chi connectivity index (χ2n) is 6.87. The third kappa shape index (κ3) is 3.11. The molecule has 1 aliphatic carbocycles. The Morgan fingerprint density at radius 2 is 2.29 bits per heavy atom. The van der Waals surface area contributed by atoms with Gasteiger partial charge in [0.15, 0.2) is 5.69 Å². The molecule has 0 aromatic carbocycles. The monoisotopic (exact) mass is 329 g/mol. The van der Waals surface area contributed by atoms with Crippen molar-refractivity contribution in [3.05, 3.63) is 41.5 Å². The highest BCUT2D eigenvalue weighted by molar-refractivity contribution is 5.92. The average molecular weight is 329 g/mol. The van der Waals surface area contributed by atoms with E-state index in [2.05, 4.69) is 22.0 Å². The predicted octanol–water partition coefficient (Wildman–Crippen LogP) is 2.66. The molecule has 1 saturated carbocycles. The quantitative estimate of drug-likeness (QED) is 0.846. The van der Waals surface area contributed by atoms with E-state index in [4.69, 9.17) is 9.26 Å². The predicted molar refractivity (Wildman–Crippen MR) is 87.6 cm³/mol. The standard InChI is InChI=1S/C18H23N3O3/c1-23-8-6-13-10-20-7-2-3-15(20)12-21(11-13)18(22)16-9-17(24-19-16)14-4-5-14/h2-3,7,9,13-14H,4-6,8,10-12H2,1H3/t13-/m0/s1. The lowest BCUT2D eigenvalue weighted by Gasteiger charge is -2.23. The molecule has 1 amide bonds. The van der Waals surface area contributed by atoms with E-state index in [1.54, 1.807) is 7.11 Å². The van der Waals surface area contributed by atoms with Gasteiger partial charge in [0.1, 0.15) is 5.76 Å². The van der Waals surface area contributed by atoms with Gasteiger partial charge in [0.05, 0.1) is 6.54 Å². The Kier molecular flexibility index (Phi) is 4.14. The van der Waals surface area contributed by atoms with Crippen LogP contribution in [0.1, 0.15) is 47.1 Å². The van der Waals surface area contributed by atoms with Crippen molar-refractivity contribution in [3.63, 3.8) is 0 Å². The minimum Gasteiger partial charge on any atom is -0.385 e. The van der Waals surface area contributed by atoms with Crippen molar-refractivity contribution >= 4 is 5.91 Å². The highest BCUT2D eigenvalue weighted by atomic mass is 16.5. The summed E-state index contributed by atoms with van der Waals surface area (Å²) in [5.74, 6) is 1.66. The first-order chi connectivity index (χ1) is 11.7. The summed E-state index contributed by atoms with van der Waals surface area (Å²) in [6, 6.07) is 5.95. The first kappa shape index (κ1) is 15.4. The molecule has 24 heavy (non-hydrogen) atoms. The summed E-state index contributed by atoms with van der Waals surface area (Å²) in [5.41, 5.74) is 1.59. The smallest absolute Gasteiger partial charge is 0.276 e. The number of hydrogen-bond acceptors (Lipinski definition) is 4. The molecule has 1 atom stereocenters. The zero-order valence-electron chi connectivity index (χ0n) is 14.0. The van der Waals surface area contributed by atoms with Crippen molar-refractivity contribution in [2.45, 2.75) is 38.3 Å². The molecule has 0 saturated heterocycles. The van der Waals surface area contributed by atoms with Gasteiger partial charge in [-0.05, 0) is 37.3 Å². The van der Waals surface area contributed by atoms with Crippen molar-refractivity contribution < 1.29 is 14.1 Å². The molecule has 0 unspecified atom stereocenters. The van der Waals surface area contributed by atoms with Gasteiger partial charge in [-0.25, -0.2) is 0 Å². The number of carbonyl (C=O) groups excluding carboxylic acids is 1. The van der Waals surface area contributed by atoms with E-state index < -0.39 is 0 Å². The van der Waals surface area contributed by atoms with E-state index >= 15 is 0 Å². The maximum atomic E-state index is 12.9. The molecule has 3 heterocycles. The zero-order valence-corrected chi connectivity index (χ0v) is 14.0. The Bertz CT molecular complexity index is 717. The lowest BCUT2D eigenvalue weighted by molar-refractivity contribution is 0.0695. The molecular formula is C18H23N3O3. The normalized spacial score (nSPS) is 20.7. The maximum Gasteiger partial charge on any atom is 0.276 e. The number of rotatable bonds is 5. The van der Waals surface area contributed by atoms with Gasteiger partial charge >= 0.3 is 0 Å². The molecule has 2 aliphatic rings. The van der Waals surface area contributed by atoms with E-state index in [1.165, 1.54) is 0 Å². The number of carbonyl (C=O) groups is 1. The fraction of sp³-hybridized carbons (Fsp3) is 0.556. The van der Waals surface area contributed by atoms with Crippen LogP contribution in [-0.4, -0.2) is 40.8 Å². The van der Waals surface area contributed by atoms with E-state index in [1.807, 2.05) is 17.0 Å². The van der Waals surface area contributed by atoms with Crippen LogP contribution >= 0.6 is 0 Å². The molecule has 2 aromatic rings. The highest BCUT2D eigenvalue weighted by Crippen LogP contribution is 2.40. The van der Waals surface area contributed by atoms with Crippen LogP contribution in [0.2, 0.25) is 0 Å². The van der Waals surface area contributed by atoms with Gasteiger partial charge in [-0.1, -0.05) is 5.16 Å². The number of nitrogens with zero attached hydrogens (tertiary/aromatic N) is 3. The van der Waals surface area contributed by atoms with Crippen molar-refractivity contribution in [1.82, 2.24) is 14.6 Å². The van der Waals surface area contributed by atoms with Crippen LogP contribution in [0.25, 0.3) is 0 Å². The fourth-order valence-corrected chi connectivity index (χ4v) is 3.41. The first-order valence-corrected chi connectivity index (χ1v) is 8.63. The summed E-state index contributed by atoms with van der Waals surface area (Å²) in [5, 5.41) is 4.02. The van der Waals surface area contributed by atoms with Crippen LogP contribution in [0.3, 0.4) is 0 Å². The molecule has 0 radical (unpaired) electrons. The van der Waals surface area contributed by atoms with Gasteiger partial charge in [0.25, 0.3) is 5.91 Å². The minimum atomic E-state index is -0.0392. The van der Waals surface area contributed by atoms with Gasteiger partial charge < -0.3 is 18.7 Å². The highest BCUT2D eigenvalue weighted by Gasteiger charge is 2.31. The topological polar surface area (TPSA) is 60.5 Å². The SMILES string of the molecule is COCC[C@@H]1CN(C(=O)c2cc(C3CC3)on2)Cc2cccn2C1. The third-order valence-corrected chi connectivity index (χ3v) is 4.95. The molecule has 1 fully saturated rings. The number of hydrogen-bond donors (Lipinski definition) is 0. The molecule has 0 bridgehead atoms. The summed E-state index contributed by atoms with van der Waals surface area (Å²) in [7, 11) is 1.72. The second-order valence-corrected chi connectivity index (χ2v) is 6.87. The Morgan fingerprint density at radius 3 is 3.08 bits per heavy atom. The van der Waals surface area contributed by atoms with E-state index in [0.29, 0.717) is 30.7 Å². The van der Waals surface area contributed by atoms with Crippen molar-refractivity contribution in [2.24, 2.45) is 5.92 Å². The number of ether oxygens (including phenoxy) is 1. The van der Waals surface area contributed by atoms with Crippen LogP contribution in [0.5, 0.6) is 0 Å². The Labute approximate surface area is 141 Å². The summed E-state index contributed by atoms with van der Waals surface area (Å²) in [4.78, 5) is 14.8. The van der Waals surface area contributed by atoms with Crippen LogP contribution in [0.15, 0.2) is 28.9 Å². The number of fused-ring (bicyclic) bond motifs is 1. The lowest BCUT2D eigenvalue weighted by atomic mass is 10.1. The van der Waals surface area contributed by atoms with Crippen molar-refractivity contribution in [1.29, 1.82) is 0 Å². The second kappa shape index (κ2) is 6.43. The largest absolute Gasteiger partial charge is 0.385 e. The van der Waals surface area contributed by atoms with Crippen LogP contribution < -0.4 is 0 Å². The summed E-state index contributed by atoms with van der Waals surface area (Å²) in [6.07, 6.45) is 5.30. The minimum absolute atomic E-state index is 0.0392. The van der Waals surface area contributed by atoms with Crippen LogP contribution in [-0.2, 0) is 17.8 Å². The molecule has 1 aliphatic heterocycles. The third-order valence-electron chi connectivity index (χ3n) is 4.95.